The first-order valence-electron chi connectivity index (χ1n) is 8.98. The van der Waals surface area contributed by atoms with Crippen molar-refractivity contribution in [3.8, 4) is 0 Å². The number of rotatable bonds is 7. The summed E-state index contributed by atoms with van der Waals surface area (Å²) in [5.74, 6) is 0.722. The maximum absolute atomic E-state index is 5.45. The summed E-state index contributed by atoms with van der Waals surface area (Å²) in [5, 5.41) is 0. The number of fused-ring (bicyclic) bond motifs is 1. The van der Waals surface area contributed by atoms with Gasteiger partial charge in [0.1, 0.15) is 0 Å². The lowest BCUT2D eigenvalue weighted by Crippen LogP contribution is -2.24. The molecule has 0 saturated carbocycles. The molecule has 0 bridgehead atoms. The van der Waals surface area contributed by atoms with Gasteiger partial charge in [0.15, 0.2) is 5.96 Å². The van der Waals surface area contributed by atoms with Crippen LogP contribution in [0.3, 0.4) is 0 Å². The molecule has 1 aliphatic rings. The van der Waals surface area contributed by atoms with Gasteiger partial charge in [0.05, 0.1) is 0 Å². The van der Waals surface area contributed by atoms with Crippen molar-refractivity contribution in [2.75, 3.05) is 20.1 Å². The van der Waals surface area contributed by atoms with Gasteiger partial charge in [-0.2, -0.15) is 0 Å². The fourth-order valence-corrected chi connectivity index (χ4v) is 3.58. The van der Waals surface area contributed by atoms with Crippen LogP contribution in [0.2, 0.25) is 0 Å². The van der Waals surface area contributed by atoms with E-state index in [-0.39, 0.29) is 5.96 Å². The van der Waals surface area contributed by atoms with E-state index in [0.29, 0.717) is 5.92 Å². The Morgan fingerprint density at radius 2 is 1.80 bits per heavy atom. The van der Waals surface area contributed by atoms with Crippen LogP contribution in [0.1, 0.15) is 22.3 Å². The van der Waals surface area contributed by atoms with Crippen molar-refractivity contribution in [1.82, 2.24) is 4.90 Å². The minimum Gasteiger partial charge on any atom is -0.370 e. The number of hydrogen-bond donors (Lipinski definition) is 2. The second kappa shape index (κ2) is 8.17. The highest BCUT2D eigenvalue weighted by Gasteiger charge is 2.21. The Bertz CT molecular complexity index is 720. The van der Waals surface area contributed by atoms with Crippen molar-refractivity contribution >= 4 is 5.96 Å². The summed E-state index contributed by atoms with van der Waals surface area (Å²) >= 11 is 0. The number of benzene rings is 2. The lowest BCUT2D eigenvalue weighted by Gasteiger charge is -2.17. The summed E-state index contributed by atoms with van der Waals surface area (Å²) < 4.78 is 0. The molecule has 2 aromatic carbocycles. The number of nitrogens with zero attached hydrogens (tertiary/aromatic N) is 2. The van der Waals surface area contributed by atoms with Crippen LogP contribution < -0.4 is 11.5 Å². The topological polar surface area (TPSA) is 67.6 Å². The lowest BCUT2D eigenvalue weighted by atomic mass is 10.1. The van der Waals surface area contributed by atoms with Crippen LogP contribution in [0.5, 0.6) is 0 Å². The quantitative estimate of drug-likeness (QED) is 0.602. The predicted octanol–water partition coefficient (Wildman–Crippen LogP) is 2.35. The lowest BCUT2D eigenvalue weighted by molar-refractivity contribution is 0.331. The maximum atomic E-state index is 5.45. The van der Waals surface area contributed by atoms with Crippen LogP contribution in [0.25, 0.3) is 0 Å². The molecule has 0 aromatic heterocycles. The van der Waals surface area contributed by atoms with E-state index < -0.39 is 0 Å². The van der Waals surface area contributed by atoms with E-state index in [0.717, 1.165) is 38.9 Å². The minimum absolute atomic E-state index is 0.191. The molecule has 0 saturated heterocycles. The second-order valence-electron chi connectivity index (χ2n) is 7.12. The summed E-state index contributed by atoms with van der Waals surface area (Å²) in [6.45, 7) is 2.77. The van der Waals surface area contributed by atoms with Crippen molar-refractivity contribution in [2.24, 2.45) is 22.4 Å². The molecule has 4 heteroatoms. The standard InChI is InChI=1S/C21H28N4/c1-25(10-9-16-5-3-2-4-6-16)15-17-7-8-19-12-18(13-20(19)11-17)14-24-21(22)23/h2-8,11,18H,9-10,12-15H2,1H3,(H4,22,23,24)/t18-/m1/s1. The van der Waals surface area contributed by atoms with Crippen molar-refractivity contribution in [3.63, 3.8) is 0 Å². The average molecular weight is 336 g/mol. The van der Waals surface area contributed by atoms with Gasteiger partial charge in [-0.15, -0.1) is 0 Å². The average Bonchev–Trinajstić information content (AvgIpc) is 3.01. The van der Waals surface area contributed by atoms with Crippen LogP contribution >= 0.6 is 0 Å². The molecule has 132 valence electrons. The zero-order valence-corrected chi connectivity index (χ0v) is 15.0. The minimum atomic E-state index is 0.191. The number of likely N-dealkylation sites (N-methyl/N-ethyl adjacent to an activating group) is 1. The summed E-state index contributed by atoms with van der Waals surface area (Å²) in [6, 6.07) is 17.6. The van der Waals surface area contributed by atoms with E-state index in [1.165, 1.54) is 22.3 Å². The zero-order chi connectivity index (χ0) is 17.6. The molecule has 0 spiro atoms. The van der Waals surface area contributed by atoms with E-state index in [2.05, 4.69) is 65.5 Å². The van der Waals surface area contributed by atoms with Gasteiger partial charge in [0.25, 0.3) is 0 Å². The first-order valence-corrected chi connectivity index (χ1v) is 8.98. The van der Waals surface area contributed by atoms with Crippen molar-refractivity contribution in [3.05, 3.63) is 70.8 Å². The summed E-state index contributed by atoms with van der Waals surface area (Å²) in [4.78, 5) is 6.57. The molecule has 0 fully saturated rings. The molecule has 0 unspecified atom stereocenters. The van der Waals surface area contributed by atoms with E-state index in [1.54, 1.807) is 0 Å². The number of aliphatic imine (C=N–C) groups is 1. The Labute approximate surface area is 150 Å². The van der Waals surface area contributed by atoms with Gasteiger partial charge in [-0.1, -0.05) is 48.5 Å². The smallest absolute Gasteiger partial charge is 0.185 e. The van der Waals surface area contributed by atoms with Crippen molar-refractivity contribution < 1.29 is 0 Å². The van der Waals surface area contributed by atoms with Gasteiger partial charge >= 0.3 is 0 Å². The Kier molecular flexibility index (Phi) is 5.71. The second-order valence-corrected chi connectivity index (χ2v) is 7.12. The molecule has 4 N–H and O–H groups in total. The van der Waals surface area contributed by atoms with Gasteiger partial charge in [-0.05, 0) is 54.5 Å². The molecule has 25 heavy (non-hydrogen) atoms. The predicted molar refractivity (Wildman–Crippen MR) is 104 cm³/mol. The molecular weight excluding hydrogens is 308 g/mol. The maximum Gasteiger partial charge on any atom is 0.185 e. The summed E-state index contributed by atoms with van der Waals surface area (Å²) in [6.07, 6.45) is 3.24. The van der Waals surface area contributed by atoms with Crippen molar-refractivity contribution in [1.29, 1.82) is 0 Å². The fraction of sp³-hybridized carbons (Fsp3) is 0.381. The molecule has 1 atom stereocenters. The van der Waals surface area contributed by atoms with E-state index in [1.807, 2.05) is 0 Å². The van der Waals surface area contributed by atoms with Crippen LogP contribution in [0, 0.1) is 5.92 Å². The highest BCUT2D eigenvalue weighted by molar-refractivity contribution is 5.75. The van der Waals surface area contributed by atoms with Gasteiger partial charge in [0, 0.05) is 19.6 Å². The fourth-order valence-electron chi connectivity index (χ4n) is 3.58. The Hall–Kier alpha value is -2.33. The molecule has 1 aliphatic carbocycles. The zero-order valence-electron chi connectivity index (χ0n) is 15.0. The van der Waals surface area contributed by atoms with Crippen LogP contribution in [0.4, 0.5) is 0 Å². The SMILES string of the molecule is CN(CCc1ccccc1)Cc1ccc2c(c1)C[C@H](CN=C(N)N)C2. The number of nitrogens with two attached hydrogens (primary N) is 2. The third kappa shape index (κ3) is 5.07. The van der Waals surface area contributed by atoms with Gasteiger partial charge in [-0.3, -0.25) is 4.99 Å². The normalized spacial score (nSPS) is 16.0. The first-order chi connectivity index (χ1) is 12.1. The number of guanidine groups is 1. The number of hydrogen-bond acceptors (Lipinski definition) is 2. The monoisotopic (exact) mass is 336 g/mol. The first kappa shape index (κ1) is 17.5. The Morgan fingerprint density at radius 3 is 2.56 bits per heavy atom. The molecule has 0 amide bonds. The van der Waals surface area contributed by atoms with E-state index >= 15 is 0 Å². The summed E-state index contributed by atoms with van der Waals surface area (Å²) in [5.41, 5.74) is 16.6. The third-order valence-corrected chi connectivity index (χ3v) is 4.90. The molecule has 2 aromatic rings. The molecule has 0 heterocycles. The highest BCUT2D eigenvalue weighted by atomic mass is 15.1. The third-order valence-electron chi connectivity index (χ3n) is 4.90. The Morgan fingerprint density at radius 1 is 1.04 bits per heavy atom. The van der Waals surface area contributed by atoms with Gasteiger partial charge in [0.2, 0.25) is 0 Å². The van der Waals surface area contributed by atoms with Gasteiger partial charge < -0.3 is 16.4 Å². The highest BCUT2D eigenvalue weighted by Crippen LogP contribution is 2.28. The van der Waals surface area contributed by atoms with Crippen molar-refractivity contribution in [2.45, 2.75) is 25.8 Å². The van der Waals surface area contributed by atoms with Crippen LogP contribution in [-0.4, -0.2) is 31.0 Å². The Balaban J connectivity index is 1.53. The largest absolute Gasteiger partial charge is 0.370 e. The molecule has 0 aliphatic heterocycles. The van der Waals surface area contributed by atoms with Crippen LogP contribution in [0.15, 0.2) is 53.5 Å². The van der Waals surface area contributed by atoms with Crippen LogP contribution in [-0.2, 0) is 25.8 Å². The van der Waals surface area contributed by atoms with Gasteiger partial charge in [-0.25, -0.2) is 0 Å². The van der Waals surface area contributed by atoms with E-state index in [4.69, 9.17) is 11.5 Å². The van der Waals surface area contributed by atoms with E-state index in [9.17, 15) is 0 Å². The molecular formula is C21H28N4. The molecule has 3 rings (SSSR count). The summed E-state index contributed by atoms with van der Waals surface area (Å²) in [7, 11) is 2.19. The molecule has 4 nitrogen and oxygen atoms in total. The molecule has 0 radical (unpaired) electrons.